The van der Waals surface area contributed by atoms with E-state index in [9.17, 15) is 31.1 Å². The predicted molar refractivity (Wildman–Crippen MR) is 110 cm³/mol. The van der Waals surface area contributed by atoms with Gasteiger partial charge in [0.1, 0.15) is 5.71 Å². The molecule has 1 amide bonds. The Balaban J connectivity index is 2.40. The summed E-state index contributed by atoms with van der Waals surface area (Å²) in [5.41, 5.74) is -5.73. The van der Waals surface area contributed by atoms with Crippen LogP contribution in [0.25, 0.3) is 5.57 Å². The lowest BCUT2D eigenvalue weighted by Gasteiger charge is -2.38. The third-order valence-electron chi connectivity index (χ3n) is 5.21. The summed E-state index contributed by atoms with van der Waals surface area (Å²) in [5.74, 6) is -0.309. The number of hydrogen-bond acceptors (Lipinski definition) is 3. The van der Waals surface area contributed by atoms with Crippen LogP contribution < -0.4 is 5.32 Å². The fraction of sp³-hybridized carbons (Fsp3) is 0.455. The summed E-state index contributed by atoms with van der Waals surface area (Å²) in [6.07, 6.45) is -8.85. The minimum atomic E-state index is -5.21. The van der Waals surface area contributed by atoms with Crippen molar-refractivity contribution in [2.24, 2.45) is 4.99 Å². The summed E-state index contributed by atoms with van der Waals surface area (Å²) < 4.78 is 87.6. The smallest absolute Gasteiger partial charge is 0.364 e. The zero-order valence-corrected chi connectivity index (χ0v) is 17.8. The van der Waals surface area contributed by atoms with Crippen molar-refractivity contribution < 1.29 is 35.9 Å². The molecular formula is C22H24F6N2O2. The average Bonchev–Trinajstić information content (AvgIpc) is 3.52. The molecule has 32 heavy (non-hydrogen) atoms. The van der Waals surface area contributed by atoms with Crippen molar-refractivity contribution in [2.75, 3.05) is 14.2 Å². The minimum Gasteiger partial charge on any atom is -0.364 e. The van der Waals surface area contributed by atoms with Gasteiger partial charge in [-0.3, -0.25) is 9.79 Å². The second-order valence-corrected chi connectivity index (χ2v) is 7.41. The number of aliphatic imine (C=N–C) groups is 1. The number of halogens is 6. The van der Waals surface area contributed by atoms with Crippen LogP contribution in [-0.2, 0) is 4.74 Å². The molecular weight excluding hydrogens is 438 g/mol. The number of nitrogens with one attached hydrogen (secondary N) is 1. The average molecular weight is 462 g/mol. The van der Waals surface area contributed by atoms with Gasteiger partial charge < -0.3 is 10.1 Å². The van der Waals surface area contributed by atoms with Crippen LogP contribution >= 0.6 is 0 Å². The van der Waals surface area contributed by atoms with Crippen molar-refractivity contribution >= 4 is 17.2 Å². The Labute approximate surface area is 182 Å². The zero-order valence-electron chi connectivity index (χ0n) is 17.8. The van der Waals surface area contributed by atoms with Crippen molar-refractivity contribution in [3.05, 3.63) is 53.6 Å². The summed E-state index contributed by atoms with van der Waals surface area (Å²) in [6.45, 7) is 4.70. The van der Waals surface area contributed by atoms with E-state index in [1.54, 1.807) is 0 Å². The van der Waals surface area contributed by atoms with Crippen molar-refractivity contribution in [3.8, 4) is 0 Å². The standard InChI is InChI=1S/C22H24F6N2O2/c1-5-17(18(29-3)21(23,24)25)20(32-4,22(26,27)28)12-13(2)14-6-8-15(9-7-14)19(31)30-16-10-11-16/h5-9,16H,2,10-12H2,1,3-4H3,(H,30,31)/b17-5+,29-18+. The number of carbonyl (C=O) groups excluding carboxylic acids is 1. The molecule has 176 valence electrons. The summed E-state index contributed by atoms with van der Waals surface area (Å²) in [7, 11) is 1.46. The van der Waals surface area contributed by atoms with Gasteiger partial charge in [0.15, 0.2) is 5.60 Å². The van der Waals surface area contributed by atoms with Gasteiger partial charge in [0, 0.05) is 37.8 Å². The first kappa shape index (κ1) is 25.6. The number of nitrogens with zero attached hydrogens (tertiary/aromatic N) is 1. The highest BCUT2D eigenvalue weighted by Gasteiger charge is 2.61. The van der Waals surface area contributed by atoms with Crippen LogP contribution in [0.3, 0.4) is 0 Å². The molecule has 1 unspecified atom stereocenters. The molecule has 2 rings (SSSR count). The maximum absolute atomic E-state index is 14.2. The molecule has 4 nitrogen and oxygen atoms in total. The van der Waals surface area contributed by atoms with Crippen LogP contribution in [-0.4, -0.2) is 49.8 Å². The maximum atomic E-state index is 14.2. The molecule has 1 aromatic carbocycles. The van der Waals surface area contributed by atoms with E-state index in [1.165, 1.54) is 24.3 Å². The Bertz CT molecular complexity index is 912. The number of hydrogen-bond donors (Lipinski definition) is 1. The first-order chi connectivity index (χ1) is 14.8. The molecule has 1 aromatic rings. The summed E-state index contributed by atoms with van der Waals surface area (Å²) in [6, 6.07) is 5.77. The second-order valence-electron chi connectivity index (χ2n) is 7.41. The third kappa shape index (κ3) is 5.40. The molecule has 1 saturated carbocycles. The Morgan fingerprint density at radius 1 is 1.16 bits per heavy atom. The molecule has 0 saturated heterocycles. The minimum absolute atomic E-state index is 0.115. The van der Waals surface area contributed by atoms with Gasteiger partial charge in [0.2, 0.25) is 0 Å². The van der Waals surface area contributed by atoms with Gasteiger partial charge >= 0.3 is 12.4 Å². The molecule has 0 radical (unpaired) electrons. The van der Waals surface area contributed by atoms with Gasteiger partial charge in [-0.2, -0.15) is 26.3 Å². The van der Waals surface area contributed by atoms with E-state index < -0.39 is 35.7 Å². The number of carbonyl (C=O) groups is 1. The number of alkyl halides is 6. The van der Waals surface area contributed by atoms with E-state index in [2.05, 4.69) is 16.9 Å². The Hall–Kier alpha value is -2.62. The van der Waals surface area contributed by atoms with Gasteiger partial charge in [0.25, 0.3) is 5.91 Å². The number of rotatable bonds is 8. The number of benzene rings is 1. The third-order valence-corrected chi connectivity index (χ3v) is 5.21. The monoisotopic (exact) mass is 462 g/mol. The van der Waals surface area contributed by atoms with Gasteiger partial charge in [-0.05, 0) is 43.0 Å². The zero-order chi connectivity index (χ0) is 24.3. The normalized spacial score (nSPS) is 17.7. The van der Waals surface area contributed by atoms with E-state index in [1.807, 2.05) is 0 Å². The first-order valence-electron chi connectivity index (χ1n) is 9.72. The van der Waals surface area contributed by atoms with Crippen LogP contribution in [0, 0.1) is 0 Å². The van der Waals surface area contributed by atoms with Gasteiger partial charge in [-0.15, -0.1) is 0 Å². The first-order valence-corrected chi connectivity index (χ1v) is 9.72. The number of ether oxygens (including phenoxy) is 1. The molecule has 1 atom stereocenters. The van der Waals surface area contributed by atoms with Gasteiger partial charge in [-0.1, -0.05) is 24.8 Å². The lowest BCUT2D eigenvalue weighted by Crippen LogP contribution is -2.52. The van der Waals surface area contributed by atoms with E-state index in [-0.39, 0.29) is 23.1 Å². The van der Waals surface area contributed by atoms with Gasteiger partial charge in [-0.25, -0.2) is 0 Å². The van der Waals surface area contributed by atoms with Crippen LogP contribution in [0.1, 0.15) is 42.1 Å². The molecule has 0 aliphatic heterocycles. The molecule has 1 fully saturated rings. The molecule has 0 aromatic heterocycles. The maximum Gasteiger partial charge on any atom is 0.433 e. The number of allylic oxidation sites excluding steroid dienone is 1. The number of methoxy groups -OCH3 is 1. The molecule has 1 aliphatic carbocycles. The molecule has 0 heterocycles. The van der Waals surface area contributed by atoms with Crippen molar-refractivity contribution in [2.45, 2.75) is 50.2 Å². The quantitative estimate of drug-likeness (QED) is 0.409. The van der Waals surface area contributed by atoms with Crippen LogP contribution in [0.4, 0.5) is 26.3 Å². The van der Waals surface area contributed by atoms with E-state index in [0.29, 0.717) is 18.7 Å². The fourth-order valence-electron chi connectivity index (χ4n) is 3.36. The van der Waals surface area contributed by atoms with E-state index in [4.69, 9.17) is 4.74 Å². The lowest BCUT2D eigenvalue weighted by atomic mass is 9.81. The van der Waals surface area contributed by atoms with Crippen molar-refractivity contribution in [3.63, 3.8) is 0 Å². The molecule has 0 spiro atoms. The highest BCUT2D eigenvalue weighted by atomic mass is 19.4. The van der Waals surface area contributed by atoms with Crippen molar-refractivity contribution in [1.29, 1.82) is 0 Å². The second kappa shape index (κ2) is 9.48. The Morgan fingerprint density at radius 2 is 1.69 bits per heavy atom. The lowest BCUT2D eigenvalue weighted by molar-refractivity contribution is -0.250. The summed E-state index contributed by atoms with van der Waals surface area (Å²) in [5, 5.41) is 2.78. The van der Waals surface area contributed by atoms with Crippen LogP contribution in [0.5, 0.6) is 0 Å². The fourth-order valence-corrected chi connectivity index (χ4v) is 3.36. The molecule has 1 N–H and O–H groups in total. The Morgan fingerprint density at radius 3 is 2.06 bits per heavy atom. The highest BCUT2D eigenvalue weighted by Crippen LogP contribution is 2.47. The van der Waals surface area contributed by atoms with Crippen LogP contribution in [0.2, 0.25) is 0 Å². The topological polar surface area (TPSA) is 50.7 Å². The van der Waals surface area contributed by atoms with Crippen LogP contribution in [0.15, 0.2) is 47.5 Å². The summed E-state index contributed by atoms with van der Waals surface area (Å²) >= 11 is 0. The van der Waals surface area contributed by atoms with Gasteiger partial charge in [0.05, 0.1) is 0 Å². The SMILES string of the molecule is C=C(CC(OC)(C(=C/C)/C(=N\C)C(F)(F)F)C(F)(F)F)c1ccc(C(=O)NC2CC2)cc1. The Kier molecular flexibility index (Phi) is 7.59. The molecule has 10 heteroatoms. The number of amides is 1. The van der Waals surface area contributed by atoms with E-state index >= 15 is 0 Å². The van der Waals surface area contributed by atoms with Crippen molar-refractivity contribution in [1.82, 2.24) is 5.32 Å². The molecule has 0 bridgehead atoms. The highest BCUT2D eigenvalue weighted by molar-refractivity contribution is 6.06. The van der Waals surface area contributed by atoms with E-state index in [0.717, 1.165) is 26.8 Å². The largest absolute Gasteiger partial charge is 0.433 e. The summed E-state index contributed by atoms with van der Waals surface area (Å²) in [4.78, 5) is 15.2. The predicted octanol–water partition coefficient (Wildman–Crippen LogP) is 5.51. The molecule has 1 aliphatic rings.